The zero-order valence-corrected chi connectivity index (χ0v) is 8.92. The summed E-state index contributed by atoms with van der Waals surface area (Å²) in [5.41, 5.74) is 0.290. The van der Waals surface area contributed by atoms with Crippen LogP contribution in [0.25, 0.3) is 0 Å². The summed E-state index contributed by atoms with van der Waals surface area (Å²) >= 11 is 0. The van der Waals surface area contributed by atoms with Gasteiger partial charge in [0, 0.05) is 12.1 Å². The second-order valence-electron chi connectivity index (χ2n) is 3.68. The molecule has 0 radical (unpaired) electrons. The van der Waals surface area contributed by atoms with E-state index in [0.717, 1.165) is 12.8 Å². The molecule has 0 aromatic carbocycles. The van der Waals surface area contributed by atoms with Gasteiger partial charge in [-0.3, -0.25) is 5.10 Å². The highest BCUT2D eigenvalue weighted by molar-refractivity contribution is 7.89. The predicted molar refractivity (Wildman–Crippen MR) is 52.4 cm³/mol. The molecule has 1 aromatic heterocycles. The van der Waals surface area contributed by atoms with E-state index in [9.17, 15) is 8.42 Å². The summed E-state index contributed by atoms with van der Waals surface area (Å²) in [5, 5.41) is 14.9. The van der Waals surface area contributed by atoms with E-state index in [1.807, 2.05) is 0 Å². The standard InChI is InChI=1S/C8H13N3O3S/c12-5-7-4-9-11-8(7)15(13,14)10-3-6-1-2-6/h4,6,10,12H,1-3,5H2,(H,9,11). The van der Waals surface area contributed by atoms with Gasteiger partial charge < -0.3 is 5.11 Å². The number of hydrogen-bond donors (Lipinski definition) is 3. The molecule has 1 fully saturated rings. The second-order valence-corrected chi connectivity index (χ2v) is 5.38. The molecule has 0 saturated heterocycles. The minimum absolute atomic E-state index is 0.0364. The van der Waals surface area contributed by atoms with Crippen molar-refractivity contribution >= 4 is 10.0 Å². The monoisotopic (exact) mass is 231 g/mol. The first kappa shape index (κ1) is 10.6. The Morgan fingerprint density at radius 3 is 2.93 bits per heavy atom. The third-order valence-electron chi connectivity index (χ3n) is 2.38. The van der Waals surface area contributed by atoms with E-state index in [1.54, 1.807) is 0 Å². The molecule has 3 N–H and O–H groups in total. The van der Waals surface area contributed by atoms with Crippen LogP contribution in [0.3, 0.4) is 0 Å². The van der Waals surface area contributed by atoms with E-state index in [2.05, 4.69) is 14.9 Å². The fourth-order valence-electron chi connectivity index (χ4n) is 1.27. The van der Waals surface area contributed by atoms with Gasteiger partial charge in [0.15, 0.2) is 5.03 Å². The van der Waals surface area contributed by atoms with Crippen LogP contribution in [0.2, 0.25) is 0 Å². The maximum absolute atomic E-state index is 11.7. The highest BCUT2D eigenvalue weighted by atomic mass is 32.2. The van der Waals surface area contributed by atoms with Gasteiger partial charge in [-0.1, -0.05) is 0 Å². The minimum Gasteiger partial charge on any atom is -0.392 e. The van der Waals surface area contributed by atoms with Crippen molar-refractivity contribution in [2.45, 2.75) is 24.5 Å². The van der Waals surface area contributed by atoms with Crippen LogP contribution in [-0.4, -0.2) is 30.3 Å². The number of H-pyrrole nitrogens is 1. The molecule has 1 aromatic rings. The van der Waals surface area contributed by atoms with Gasteiger partial charge in [-0.2, -0.15) is 5.10 Å². The number of sulfonamides is 1. The van der Waals surface area contributed by atoms with E-state index in [4.69, 9.17) is 5.11 Å². The SMILES string of the molecule is O=S(=O)(NCC1CC1)c1[nH]ncc1CO. The van der Waals surface area contributed by atoms with Gasteiger partial charge >= 0.3 is 0 Å². The van der Waals surface area contributed by atoms with Crippen molar-refractivity contribution < 1.29 is 13.5 Å². The van der Waals surface area contributed by atoms with Crippen LogP contribution < -0.4 is 4.72 Å². The molecule has 6 nitrogen and oxygen atoms in total. The molecule has 0 amide bonds. The summed E-state index contributed by atoms with van der Waals surface area (Å²) in [6, 6.07) is 0. The Balaban J connectivity index is 2.12. The molecule has 84 valence electrons. The Hall–Kier alpha value is -0.920. The lowest BCUT2D eigenvalue weighted by Crippen LogP contribution is -2.27. The highest BCUT2D eigenvalue weighted by Crippen LogP contribution is 2.28. The number of aromatic amines is 1. The number of nitrogens with zero attached hydrogens (tertiary/aromatic N) is 1. The fraction of sp³-hybridized carbons (Fsp3) is 0.625. The summed E-state index contributed by atoms with van der Waals surface area (Å²) in [6.45, 7) is 0.127. The average molecular weight is 231 g/mol. The number of hydrogen-bond acceptors (Lipinski definition) is 4. The van der Waals surface area contributed by atoms with Crippen molar-refractivity contribution in [2.24, 2.45) is 5.92 Å². The first-order chi connectivity index (χ1) is 7.13. The van der Waals surface area contributed by atoms with Crippen LogP contribution in [0.15, 0.2) is 11.2 Å². The average Bonchev–Trinajstić information content (AvgIpc) is 2.90. The zero-order valence-electron chi connectivity index (χ0n) is 8.10. The summed E-state index contributed by atoms with van der Waals surface area (Å²) in [4.78, 5) is 0. The maximum atomic E-state index is 11.7. The quantitative estimate of drug-likeness (QED) is 0.642. The van der Waals surface area contributed by atoms with E-state index in [0.29, 0.717) is 18.0 Å². The molecule has 0 aliphatic heterocycles. The smallest absolute Gasteiger partial charge is 0.257 e. The molecule has 0 bridgehead atoms. The third kappa shape index (κ3) is 2.36. The molecular weight excluding hydrogens is 218 g/mol. The first-order valence-electron chi connectivity index (χ1n) is 4.76. The molecule has 7 heteroatoms. The van der Waals surface area contributed by atoms with Gasteiger partial charge in [-0.05, 0) is 18.8 Å². The minimum atomic E-state index is -3.54. The number of aliphatic hydroxyl groups is 1. The van der Waals surface area contributed by atoms with E-state index >= 15 is 0 Å². The molecule has 1 aliphatic carbocycles. The topological polar surface area (TPSA) is 95.1 Å². The van der Waals surface area contributed by atoms with Crippen LogP contribution >= 0.6 is 0 Å². The van der Waals surface area contributed by atoms with Crippen molar-refractivity contribution in [1.29, 1.82) is 0 Å². The van der Waals surface area contributed by atoms with Gasteiger partial charge in [0.2, 0.25) is 0 Å². The molecule has 0 spiro atoms. The highest BCUT2D eigenvalue weighted by Gasteiger charge is 2.26. The van der Waals surface area contributed by atoms with Gasteiger partial charge in [0.05, 0.1) is 12.8 Å². The third-order valence-corrected chi connectivity index (χ3v) is 3.81. The van der Waals surface area contributed by atoms with E-state index < -0.39 is 10.0 Å². The van der Waals surface area contributed by atoms with Crippen LogP contribution in [-0.2, 0) is 16.6 Å². The van der Waals surface area contributed by atoms with Crippen LogP contribution in [0, 0.1) is 5.92 Å². The lowest BCUT2D eigenvalue weighted by atomic mass is 10.4. The zero-order chi connectivity index (χ0) is 10.9. The van der Waals surface area contributed by atoms with Crippen molar-refractivity contribution in [3.8, 4) is 0 Å². The fourth-order valence-corrected chi connectivity index (χ4v) is 2.50. The van der Waals surface area contributed by atoms with Crippen molar-refractivity contribution in [3.63, 3.8) is 0 Å². The molecule has 15 heavy (non-hydrogen) atoms. The molecular formula is C8H13N3O3S. The first-order valence-corrected chi connectivity index (χ1v) is 6.24. The van der Waals surface area contributed by atoms with Gasteiger partial charge in [0.25, 0.3) is 10.0 Å². The normalized spacial score (nSPS) is 16.9. The van der Waals surface area contributed by atoms with Gasteiger partial charge in [0.1, 0.15) is 0 Å². The summed E-state index contributed by atoms with van der Waals surface area (Å²) < 4.78 is 25.9. The molecule has 2 rings (SSSR count). The Morgan fingerprint density at radius 1 is 1.60 bits per heavy atom. The van der Waals surface area contributed by atoms with Crippen molar-refractivity contribution in [2.75, 3.05) is 6.54 Å². The maximum Gasteiger partial charge on any atom is 0.257 e. The predicted octanol–water partition coefficient (Wildman–Crippen LogP) is -0.410. The molecule has 0 unspecified atom stereocenters. The van der Waals surface area contributed by atoms with Crippen molar-refractivity contribution in [1.82, 2.24) is 14.9 Å². The molecule has 0 atom stereocenters. The summed E-state index contributed by atoms with van der Waals surface area (Å²) in [7, 11) is -3.54. The van der Waals surface area contributed by atoms with E-state index in [-0.39, 0.29) is 11.6 Å². The Kier molecular flexibility index (Phi) is 2.76. The number of rotatable bonds is 5. The molecule has 1 saturated carbocycles. The number of aliphatic hydroxyl groups excluding tert-OH is 1. The summed E-state index contributed by atoms with van der Waals surface area (Å²) in [6.07, 6.45) is 3.47. The molecule has 1 heterocycles. The number of nitrogens with one attached hydrogen (secondary N) is 2. The van der Waals surface area contributed by atoms with Gasteiger partial charge in [-0.25, -0.2) is 13.1 Å². The largest absolute Gasteiger partial charge is 0.392 e. The van der Waals surface area contributed by atoms with Crippen LogP contribution in [0.1, 0.15) is 18.4 Å². The Bertz CT molecular complexity index is 436. The van der Waals surface area contributed by atoms with Crippen LogP contribution in [0.5, 0.6) is 0 Å². The lowest BCUT2D eigenvalue weighted by molar-refractivity contribution is 0.278. The number of aromatic nitrogens is 2. The van der Waals surface area contributed by atoms with Crippen molar-refractivity contribution in [3.05, 3.63) is 11.8 Å². The molecule has 1 aliphatic rings. The Labute approximate surface area is 87.8 Å². The second kappa shape index (κ2) is 3.92. The van der Waals surface area contributed by atoms with Gasteiger partial charge in [-0.15, -0.1) is 0 Å². The van der Waals surface area contributed by atoms with Crippen LogP contribution in [0.4, 0.5) is 0 Å². The van der Waals surface area contributed by atoms with E-state index in [1.165, 1.54) is 6.20 Å². The Morgan fingerprint density at radius 2 is 2.33 bits per heavy atom. The summed E-state index contributed by atoms with van der Waals surface area (Å²) in [5.74, 6) is 0.472. The lowest BCUT2D eigenvalue weighted by Gasteiger charge is -2.04.